The zero-order valence-electron chi connectivity index (χ0n) is 11.4. The lowest BCUT2D eigenvalue weighted by atomic mass is 10.2. The van der Waals surface area contributed by atoms with Crippen molar-refractivity contribution in [3.63, 3.8) is 0 Å². The van der Waals surface area contributed by atoms with E-state index in [0.29, 0.717) is 11.3 Å². The molecule has 0 aliphatic heterocycles. The van der Waals surface area contributed by atoms with Crippen LogP contribution in [0.4, 0.5) is 4.39 Å². The number of hydrogen-bond acceptors (Lipinski definition) is 2. The Morgan fingerprint density at radius 3 is 2.74 bits per heavy atom. The normalized spacial score (nSPS) is 17.2. The molecule has 1 N–H and O–H groups in total. The van der Waals surface area contributed by atoms with Crippen molar-refractivity contribution in [1.82, 2.24) is 5.32 Å². The van der Waals surface area contributed by atoms with Crippen LogP contribution in [0.1, 0.15) is 38.2 Å². The number of carbonyl (C=O) groups excluding carboxylic acids is 1. The van der Waals surface area contributed by atoms with Gasteiger partial charge in [0.2, 0.25) is 0 Å². The molecule has 0 bridgehead atoms. The second-order valence-corrected chi connectivity index (χ2v) is 5.16. The van der Waals surface area contributed by atoms with Crippen LogP contribution >= 0.6 is 0 Å². The van der Waals surface area contributed by atoms with Crippen molar-refractivity contribution in [2.45, 2.75) is 51.7 Å². The predicted molar refractivity (Wildman–Crippen MR) is 71.6 cm³/mol. The Balaban J connectivity index is 1.90. The first-order valence-electron chi connectivity index (χ1n) is 6.79. The average molecular weight is 265 g/mol. The number of rotatable bonds is 4. The first kappa shape index (κ1) is 13.8. The molecule has 0 spiro atoms. The molecule has 1 unspecified atom stereocenters. The van der Waals surface area contributed by atoms with E-state index in [1.54, 1.807) is 26.0 Å². The summed E-state index contributed by atoms with van der Waals surface area (Å²) in [5.74, 6) is -0.0639. The average Bonchev–Trinajstić information content (AvgIpc) is 2.86. The smallest absolute Gasteiger partial charge is 0.260 e. The van der Waals surface area contributed by atoms with E-state index in [2.05, 4.69) is 5.32 Å². The van der Waals surface area contributed by atoms with Gasteiger partial charge in [-0.15, -0.1) is 0 Å². The Morgan fingerprint density at radius 2 is 2.11 bits per heavy atom. The summed E-state index contributed by atoms with van der Waals surface area (Å²) in [7, 11) is 0. The van der Waals surface area contributed by atoms with Gasteiger partial charge in [-0.25, -0.2) is 4.39 Å². The summed E-state index contributed by atoms with van der Waals surface area (Å²) in [6, 6.07) is 4.91. The van der Waals surface area contributed by atoms with Crippen molar-refractivity contribution in [2.24, 2.45) is 0 Å². The molecule has 19 heavy (non-hydrogen) atoms. The van der Waals surface area contributed by atoms with E-state index >= 15 is 0 Å². The number of ether oxygens (including phenoxy) is 1. The van der Waals surface area contributed by atoms with E-state index in [1.807, 2.05) is 0 Å². The molecular formula is C15H20FNO2. The number of nitrogens with one attached hydrogen (secondary N) is 1. The highest BCUT2D eigenvalue weighted by Gasteiger charge is 2.21. The fourth-order valence-corrected chi connectivity index (χ4v) is 2.29. The molecule has 1 amide bonds. The van der Waals surface area contributed by atoms with E-state index in [-0.39, 0.29) is 17.8 Å². The van der Waals surface area contributed by atoms with Crippen LogP contribution in [-0.2, 0) is 4.79 Å². The molecule has 1 atom stereocenters. The van der Waals surface area contributed by atoms with Crippen LogP contribution in [0.3, 0.4) is 0 Å². The highest BCUT2D eigenvalue weighted by Crippen LogP contribution is 2.19. The van der Waals surface area contributed by atoms with Gasteiger partial charge in [0.1, 0.15) is 11.6 Å². The van der Waals surface area contributed by atoms with Gasteiger partial charge in [0.25, 0.3) is 5.91 Å². The van der Waals surface area contributed by atoms with Crippen molar-refractivity contribution >= 4 is 5.91 Å². The fraction of sp³-hybridized carbons (Fsp3) is 0.533. The second kappa shape index (κ2) is 6.04. The van der Waals surface area contributed by atoms with Gasteiger partial charge < -0.3 is 10.1 Å². The van der Waals surface area contributed by atoms with E-state index in [1.165, 1.54) is 18.9 Å². The van der Waals surface area contributed by atoms with Gasteiger partial charge in [-0.05, 0) is 38.3 Å². The van der Waals surface area contributed by atoms with Crippen molar-refractivity contribution < 1.29 is 13.9 Å². The SMILES string of the molecule is Cc1ccc(OC(C)C(=O)NC2CCCC2)cc1F. The number of amides is 1. The summed E-state index contributed by atoms with van der Waals surface area (Å²) in [5, 5.41) is 2.97. The zero-order chi connectivity index (χ0) is 13.8. The van der Waals surface area contributed by atoms with Crippen molar-refractivity contribution in [3.8, 4) is 5.75 Å². The van der Waals surface area contributed by atoms with Crippen LogP contribution in [0.2, 0.25) is 0 Å². The number of benzene rings is 1. The van der Waals surface area contributed by atoms with Crippen LogP contribution in [0, 0.1) is 12.7 Å². The van der Waals surface area contributed by atoms with E-state index in [0.717, 1.165) is 12.8 Å². The van der Waals surface area contributed by atoms with Crippen LogP contribution in [-0.4, -0.2) is 18.1 Å². The Labute approximate surface area is 113 Å². The zero-order valence-corrected chi connectivity index (χ0v) is 11.4. The maximum Gasteiger partial charge on any atom is 0.260 e. The largest absolute Gasteiger partial charge is 0.481 e. The lowest BCUT2D eigenvalue weighted by Gasteiger charge is -2.18. The molecule has 3 nitrogen and oxygen atoms in total. The summed E-state index contributed by atoms with van der Waals surface area (Å²) < 4.78 is 18.8. The lowest BCUT2D eigenvalue weighted by molar-refractivity contribution is -0.127. The van der Waals surface area contributed by atoms with E-state index < -0.39 is 6.10 Å². The van der Waals surface area contributed by atoms with E-state index in [4.69, 9.17) is 4.74 Å². The third-order valence-electron chi connectivity index (χ3n) is 3.53. The molecule has 0 heterocycles. The first-order chi connectivity index (χ1) is 9.06. The first-order valence-corrected chi connectivity index (χ1v) is 6.79. The molecule has 104 valence electrons. The Kier molecular flexibility index (Phi) is 4.40. The topological polar surface area (TPSA) is 38.3 Å². The molecule has 1 aromatic rings. The highest BCUT2D eigenvalue weighted by molar-refractivity contribution is 5.81. The quantitative estimate of drug-likeness (QED) is 0.909. The van der Waals surface area contributed by atoms with Crippen molar-refractivity contribution in [2.75, 3.05) is 0 Å². The molecular weight excluding hydrogens is 245 g/mol. The molecule has 0 radical (unpaired) electrons. The molecule has 1 aromatic carbocycles. The Morgan fingerprint density at radius 1 is 1.42 bits per heavy atom. The molecule has 4 heteroatoms. The molecule has 1 saturated carbocycles. The summed E-state index contributed by atoms with van der Waals surface area (Å²) in [5.41, 5.74) is 0.565. The summed E-state index contributed by atoms with van der Waals surface area (Å²) >= 11 is 0. The fourth-order valence-electron chi connectivity index (χ4n) is 2.29. The molecule has 1 aliphatic rings. The van der Waals surface area contributed by atoms with Crippen LogP contribution in [0.25, 0.3) is 0 Å². The van der Waals surface area contributed by atoms with Gasteiger partial charge in [0.05, 0.1) is 0 Å². The lowest BCUT2D eigenvalue weighted by Crippen LogP contribution is -2.41. The van der Waals surface area contributed by atoms with Crippen LogP contribution < -0.4 is 10.1 Å². The third kappa shape index (κ3) is 3.69. The van der Waals surface area contributed by atoms with Crippen LogP contribution in [0.15, 0.2) is 18.2 Å². The monoisotopic (exact) mass is 265 g/mol. The number of aryl methyl sites for hydroxylation is 1. The van der Waals surface area contributed by atoms with Crippen LogP contribution in [0.5, 0.6) is 5.75 Å². The van der Waals surface area contributed by atoms with Gasteiger partial charge >= 0.3 is 0 Å². The highest BCUT2D eigenvalue weighted by atomic mass is 19.1. The summed E-state index contributed by atoms with van der Waals surface area (Å²) in [4.78, 5) is 11.9. The minimum absolute atomic E-state index is 0.132. The molecule has 0 aromatic heterocycles. The molecule has 2 rings (SSSR count). The van der Waals surface area contributed by atoms with E-state index in [9.17, 15) is 9.18 Å². The Hall–Kier alpha value is -1.58. The van der Waals surface area contributed by atoms with Gasteiger partial charge in [-0.2, -0.15) is 0 Å². The Bertz CT molecular complexity index is 455. The van der Waals surface area contributed by atoms with Gasteiger partial charge in [-0.3, -0.25) is 4.79 Å². The molecule has 1 aliphatic carbocycles. The number of carbonyl (C=O) groups is 1. The minimum atomic E-state index is -0.609. The van der Waals surface area contributed by atoms with Crippen molar-refractivity contribution in [1.29, 1.82) is 0 Å². The van der Waals surface area contributed by atoms with Gasteiger partial charge in [0.15, 0.2) is 6.10 Å². The van der Waals surface area contributed by atoms with Gasteiger partial charge in [-0.1, -0.05) is 18.9 Å². The predicted octanol–water partition coefficient (Wildman–Crippen LogP) is 2.96. The summed E-state index contributed by atoms with van der Waals surface area (Å²) in [6.07, 6.45) is 3.81. The standard InChI is InChI=1S/C15H20FNO2/c1-10-7-8-13(9-14(10)16)19-11(2)15(18)17-12-5-3-4-6-12/h7-9,11-12H,3-6H2,1-2H3,(H,17,18). The van der Waals surface area contributed by atoms with Gasteiger partial charge in [0, 0.05) is 12.1 Å². The number of hydrogen-bond donors (Lipinski definition) is 1. The maximum atomic E-state index is 13.4. The maximum absolute atomic E-state index is 13.4. The number of halogens is 1. The second-order valence-electron chi connectivity index (χ2n) is 5.16. The van der Waals surface area contributed by atoms with Crippen molar-refractivity contribution in [3.05, 3.63) is 29.6 Å². The molecule has 1 fully saturated rings. The molecule has 0 saturated heterocycles. The summed E-state index contributed by atoms with van der Waals surface area (Å²) in [6.45, 7) is 3.37. The minimum Gasteiger partial charge on any atom is -0.481 e. The third-order valence-corrected chi connectivity index (χ3v) is 3.53.